The smallest absolute Gasteiger partial charge is 0.0918 e. The second-order valence-corrected chi connectivity index (χ2v) is 3.53. The van der Waals surface area contributed by atoms with Gasteiger partial charge in [0.15, 0.2) is 0 Å². The summed E-state index contributed by atoms with van der Waals surface area (Å²) in [5.74, 6) is 0. The number of hydrogen-bond acceptors (Lipinski definition) is 2. The lowest BCUT2D eigenvalue weighted by Crippen LogP contribution is -2.07. The lowest BCUT2D eigenvalue weighted by molar-refractivity contribution is 0.351. The van der Waals surface area contributed by atoms with E-state index >= 15 is 0 Å². The number of halogens is 1. The van der Waals surface area contributed by atoms with E-state index in [4.69, 9.17) is 11.6 Å². The maximum absolute atomic E-state index is 5.85. The van der Waals surface area contributed by atoms with Crippen molar-refractivity contribution in [1.29, 1.82) is 0 Å². The first-order valence-electron chi connectivity index (χ1n) is 4.52. The molecule has 0 aliphatic heterocycles. The molecule has 14 heavy (non-hydrogen) atoms. The van der Waals surface area contributed by atoms with Gasteiger partial charge in [-0.05, 0) is 31.5 Å². The predicted octanol–water partition coefficient (Wildman–Crippen LogP) is 3.60. The van der Waals surface area contributed by atoms with Gasteiger partial charge in [0.1, 0.15) is 0 Å². The van der Waals surface area contributed by atoms with Gasteiger partial charge < -0.3 is 0 Å². The predicted molar refractivity (Wildman–Crippen MR) is 59.0 cm³/mol. The minimum atomic E-state index is 0.684. The van der Waals surface area contributed by atoms with Gasteiger partial charge >= 0.3 is 0 Å². The third-order valence-corrected chi connectivity index (χ3v) is 2.17. The molecule has 3 nitrogen and oxygen atoms in total. The molecular weight excluding hydrogens is 198 g/mol. The molecule has 0 saturated heterocycles. The van der Waals surface area contributed by atoms with Crippen LogP contribution in [0.3, 0.4) is 0 Å². The standard InChI is InChI=1S/C10H14ClN3/c1-4-14(3)13-12-10-7-9(11)6-5-8(10)2/h5-7H,4H2,1-3H3. The Bertz CT molecular complexity index is 336. The molecular formula is C10H14ClN3. The van der Waals surface area contributed by atoms with Crippen molar-refractivity contribution in [1.82, 2.24) is 5.01 Å². The normalized spacial score (nSPS) is 10.9. The van der Waals surface area contributed by atoms with E-state index < -0.39 is 0 Å². The Kier molecular flexibility index (Phi) is 3.89. The fourth-order valence-electron chi connectivity index (χ4n) is 0.878. The summed E-state index contributed by atoms with van der Waals surface area (Å²) < 4.78 is 0. The van der Waals surface area contributed by atoms with E-state index in [-0.39, 0.29) is 0 Å². The number of benzene rings is 1. The van der Waals surface area contributed by atoms with Crippen LogP contribution in [0.2, 0.25) is 5.02 Å². The van der Waals surface area contributed by atoms with Gasteiger partial charge in [-0.1, -0.05) is 22.9 Å². The lowest BCUT2D eigenvalue weighted by Gasteiger charge is -2.06. The molecule has 1 aromatic rings. The molecule has 1 rings (SSSR count). The van der Waals surface area contributed by atoms with E-state index in [0.29, 0.717) is 5.02 Å². The van der Waals surface area contributed by atoms with Crippen molar-refractivity contribution in [3.05, 3.63) is 28.8 Å². The number of nitrogens with zero attached hydrogens (tertiary/aromatic N) is 3. The average molecular weight is 212 g/mol. The molecule has 0 fully saturated rings. The van der Waals surface area contributed by atoms with E-state index in [1.54, 1.807) is 5.01 Å². The second-order valence-electron chi connectivity index (χ2n) is 3.09. The van der Waals surface area contributed by atoms with E-state index in [2.05, 4.69) is 10.3 Å². The maximum Gasteiger partial charge on any atom is 0.0918 e. The monoisotopic (exact) mass is 211 g/mol. The van der Waals surface area contributed by atoms with E-state index in [1.165, 1.54) is 0 Å². The van der Waals surface area contributed by atoms with Gasteiger partial charge in [-0.2, -0.15) is 0 Å². The van der Waals surface area contributed by atoms with Crippen molar-refractivity contribution in [2.45, 2.75) is 13.8 Å². The number of hydrogen-bond donors (Lipinski definition) is 0. The summed E-state index contributed by atoms with van der Waals surface area (Å²) in [4.78, 5) is 0. The van der Waals surface area contributed by atoms with E-state index in [1.807, 2.05) is 39.1 Å². The zero-order chi connectivity index (χ0) is 10.6. The molecule has 0 aromatic heterocycles. The quantitative estimate of drug-likeness (QED) is 0.555. The highest BCUT2D eigenvalue weighted by molar-refractivity contribution is 6.30. The molecule has 0 bridgehead atoms. The van der Waals surface area contributed by atoms with Crippen LogP contribution in [0.25, 0.3) is 0 Å². The number of aryl methyl sites for hydroxylation is 1. The Hall–Kier alpha value is -1.09. The minimum absolute atomic E-state index is 0.684. The van der Waals surface area contributed by atoms with Crippen LogP contribution in [-0.2, 0) is 0 Å². The van der Waals surface area contributed by atoms with Gasteiger partial charge in [0.2, 0.25) is 0 Å². The summed E-state index contributed by atoms with van der Waals surface area (Å²) in [6.45, 7) is 4.84. The molecule has 0 aliphatic carbocycles. The lowest BCUT2D eigenvalue weighted by atomic mass is 10.2. The van der Waals surface area contributed by atoms with Crippen LogP contribution >= 0.6 is 11.6 Å². The number of rotatable bonds is 3. The Morgan fingerprint density at radius 1 is 1.43 bits per heavy atom. The molecule has 0 heterocycles. The Morgan fingerprint density at radius 2 is 2.14 bits per heavy atom. The largest absolute Gasteiger partial charge is 0.282 e. The van der Waals surface area contributed by atoms with Crippen LogP contribution in [0.5, 0.6) is 0 Å². The summed E-state index contributed by atoms with van der Waals surface area (Å²) in [7, 11) is 1.88. The molecule has 1 aromatic carbocycles. The molecule has 0 unspecified atom stereocenters. The van der Waals surface area contributed by atoms with Crippen LogP contribution in [0.4, 0.5) is 5.69 Å². The fraction of sp³-hybridized carbons (Fsp3) is 0.400. The van der Waals surface area contributed by atoms with Gasteiger partial charge in [0, 0.05) is 18.6 Å². The summed E-state index contributed by atoms with van der Waals surface area (Å²) in [6.07, 6.45) is 0. The molecule has 0 aliphatic rings. The van der Waals surface area contributed by atoms with Crippen molar-refractivity contribution < 1.29 is 0 Å². The summed E-state index contributed by atoms with van der Waals surface area (Å²) in [5, 5.41) is 10.6. The van der Waals surface area contributed by atoms with Gasteiger partial charge in [0.25, 0.3) is 0 Å². The van der Waals surface area contributed by atoms with Crippen molar-refractivity contribution in [3.63, 3.8) is 0 Å². The molecule has 0 spiro atoms. The molecule has 4 heteroatoms. The fourth-order valence-corrected chi connectivity index (χ4v) is 1.04. The first-order chi connectivity index (χ1) is 6.63. The van der Waals surface area contributed by atoms with Gasteiger partial charge in [-0.3, -0.25) is 5.01 Å². The van der Waals surface area contributed by atoms with Crippen LogP contribution in [0, 0.1) is 6.92 Å². The molecule has 0 radical (unpaired) electrons. The Morgan fingerprint density at radius 3 is 2.79 bits per heavy atom. The minimum Gasteiger partial charge on any atom is -0.282 e. The molecule has 0 N–H and O–H groups in total. The van der Waals surface area contributed by atoms with Crippen LogP contribution in [-0.4, -0.2) is 18.6 Å². The highest BCUT2D eigenvalue weighted by Crippen LogP contribution is 2.23. The van der Waals surface area contributed by atoms with Gasteiger partial charge in [0.05, 0.1) is 5.69 Å². The summed E-state index contributed by atoms with van der Waals surface area (Å²) >= 11 is 5.85. The zero-order valence-electron chi connectivity index (χ0n) is 8.66. The first-order valence-corrected chi connectivity index (χ1v) is 4.90. The molecule has 0 amide bonds. The third kappa shape index (κ3) is 3.00. The third-order valence-electron chi connectivity index (χ3n) is 1.93. The van der Waals surface area contributed by atoms with Gasteiger partial charge in [-0.15, -0.1) is 5.11 Å². The second kappa shape index (κ2) is 4.96. The average Bonchev–Trinajstić information content (AvgIpc) is 2.19. The highest BCUT2D eigenvalue weighted by Gasteiger charge is 1.97. The Balaban J connectivity index is 2.85. The first kappa shape index (κ1) is 11.0. The van der Waals surface area contributed by atoms with Crippen molar-refractivity contribution >= 4 is 17.3 Å². The van der Waals surface area contributed by atoms with Gasteiger partial charge in [-0.25, -0.2) is 0 Å². The topological polar surface area (TPSA) is 28.0 Å². The zero-order valence-corrected chi connectivity index (χ0v) is 9.41. The summed E-state index contributed by atoms with van der Waals surface area (Å²) in [5.41, 5.74) is 1.89. The van der Waals surface area contributed by atoms with E-state index in [0.717, 1.165) is 17.8 Å². The van der Waals surface area contributed by atoms with Crippen molar-refractivity contribution in [3.8, 4) is 0 Å². The molecule has 0 saturated carbocycles. The van der Waals surface area contributed by atoms with Crippen molar-refractivity contribution in [2.24, 2.45) is 10.3 Å². The van der Waals surface area contributed by atoms with Crippen LogP contribution < -0.4 is 0 Å². The summed E-state index contributed by atoms with van der Waals surface area (Å²) in [6, 6.07) is 5.59. The molecule has 0 atom stereocenters. The highest BCUT2D eigenvalue weighted by atomic mass is 35.5. The SMILES string of the molecule is CCN(C)N=Nc1cc(Cl)ccc1C. The van der Waals surface area contributed by atoms with Crippen LogP contribution in [0.1, 0.15) is 12.5 Å². The van der Waals surface area contributed by atoms with Crippen LogP contribution in [0.15, 0.2) is 28.5 Å². The Labute approximate surface area is 89.4 Å². The molecule has 76 valence electrons. The van der Waals surface area contributed by atoms with Crippen molar-refractivity contribution in [2.75, 3.05) is 13.6 Å². The van der Waals surface area contributed by atoms with E-state index in [9.17, 15) is 0 Å². The maximum atomic E-state index is 5.85.